The van der Waals surface area contributed by atoms with Gasteiger partial charge in [-0.3, -0.25) is 0 Å². The SMILES string of the molecule is N#Cc1ccc(/[C]=N\OCc2cccc(C(F)F)c2)cc1. The molecule has 105 valence electrons. The second-order valence-corrected chi connectivity index (χ2v) is 4.21. The summed E-state index contributed by atoms with van der Waals surface area (Å²) in [5.41, 5.74) is 1.77. The van der Waals surface area contributed by atoms with Gasteiger partial charge in [0, 0.05) is 11.1 Å². The minimum atomic E-state index is -2.50. The molecule has 0 saturated carbocycles. The van der Waals surface area contributed by atoms with Crippen molar-refractivity contribution in [2.45, 2.75) is 13.0 Å². The van der Waals surface area contributed by atoms with E-state index in [0.29, 0.717) is 16.7 Å². The number of hydrogen-bond acceptors (Lipinski definition) is 3. The summed E-state index contributed by atoms with van der Waals surface area (Å²) in [6.07, 6.45) is 0.148. The van der Waals surface area contributed by atoms with Crippen molar-refractivity contribution >= 4 is 6.21 Å². The van der Waals surface area contributed by atoms with E-state index in [1.807, 2.05) is 6.07 Å². The van der Waals surface area contributed by atoms with Crippen LogP contribution in [0.15, 0.2) is 53.7 Å². The van der Waals surface area contributed by atoms with Gasteiger partial charge in [0.2, 0.25) is 0 Å². The molecule has 0 saturated heterocycles. The van der Waals surface area contributed by atoms with Crippen molar-refractivity contribution in [2.75, 3.05) is 0 Å². The average molecular weight is 285 g/mol. The van der Waals surface area contributed by atoms with Crippen molar-refractivity contribution < 1.29 is 13.6 Å². The lowest BCUT2D eigenvalue weighted by atomic mass is 10.1. The van der Waals surface area contributed by atoms with Gasteiger partial charge < -0.3 is 4.84 Å². The van der Waals surface area contributed by atoms with Crippen molar-refractivity contribution in [3.05, 3.63) is 70.8 Å². The maximum absolute atomic E-state index is 12.5. The molecule has 0 aliphatic carbocycles. The van der Waals surface area contributed by atoms with E-state index in [0.717, 1.165) is 0 Å². The lowest BCUT2D eigenvalue weighted by Crippen LogP contribution is -1.91. The first kappa shape index (κ1) is 14.7. The largest absolute Gasteiger partial charge is 0.390 e. The Morgan fingerprint density at radius 1 is 1.10 bits per heavy atom. The molecule has 0 heterocycles. The predicted octanol–water partition coefficient (Wildman–Crippen LogP) is 3.92. The summed E-state index contributed by atoms with van der Waals surface area (Å²) in [6.45, 7) is 0.0871. The van der Waals surface area contributed by atoms with Gasteiger partial charge in [0.25, 0.3) is 6.43 Å². The summed E-state index contributed by atoms with van der Waals surface area (Å²) >= 11 is 0. The molecule has 0 N–H and O–H groups in total. The fourth-order valence-corrected chi connectivity index (χ4v) is 1.63. The third kappa shape index (κ3) is 4.39. The van der Waals surface area contributed by atoms with Crippen LogP contribution in [0.3, 0.4) is 0 Å². The quantitative estimate of drug-likeness (QED) is 0.617. The second-order valence-electron chi connectivity index (χ2n) is 4.21. The summed E-state index contributed by atoms with van der Waals surface area (Å²) in [4.78, 5) is 5.02. The van der Waals surface area contributed by atoms with Gasteiger partial charge in [-0.15, -0.1) is 0 Å². The van der Waals surface area contributed by atoms with Crippen LogP contribution in [0.5, 0.6) is 0 Å². The van der Waals surface area contributed by atoms with Crippen molar-refractivity contribution in [3.8, 4) is 6.07 Å². The molecule has 0 bridgehead atoms. The van der Waals surface area contributed by atoms with Crippen molar-refractivity contribution in [2.24, 2.45) is 5.16 Å². The summed E-state index contributed by atoms with van der Waals surface area (Å²) in [6, 6.07) is 14.6. The molecule has 0 aliphatic rings. The molecule has 21 heavy (non-hydrogen) atoms. The smallest absolute Gasteiger partial charge is 0.263 e. The van der Waals surface area contributed by atoms with E-state index in [1.165, 1.54) is 12.1 Å². The second kappa shape index (κ2) is 7.15. The van der Waals surface area contributed by atoms with Crippen molar-refractivity contribution in [1.29, 1.82) is 5.26 Å². The lowest BCUT2D eigenvalue weighted by Gasteiger charge is -2.03. The Morgan fingerprint density at radius 3 is 2.48 bits per heavy atom. The van der Waals surface area contributed by atoms with Gasteiger partial charge in [-0.25, -0.2) is 8.78 Å². The monoisotopic (exact) mass is 285 g/mol. The molecule has 3 nitrogen and oxygen atoms in total. The number of halogens is 2. The standard InChI is InChI=1S/C16H11F2N2O/c17-16(18)15-3-1-2-14(8-15)11-21-20-10-13-6-4-12(9-19)5-7-13/h1-8,16H,11H2. The molecule has 0 spiro atoms. The highest BCUT2D eigenvalue weighted by atomic mass is 19.3. The highest BCUT2D eigenvalue weighted by molar-refractivity contribution is 5.79. The maximum Gasteiger partial charge on any atom is 0.263 e. The Bertz CT molecular complexity index is 661. The molecule has 2 rings (SSSR count). The molecular formula is C16H11F2N2O. The fourth-order valence-electron chi connectivity index (χ4n) is 1.63. The number of nitriles is 1. The van der Waals surface area contributed by atoms with Gasteiger partial charge in [-0.1, -0.05) is 35.5 Å². The first-order valence-electron chi connectivity index (χ1n) is 6.14. The van der Waals surface area contributed by atoms with Crippen LogP contribution < -0.4 is 0 Å². The van der Waals surface area contributed by atoms with E-state index in [1.54, 1.807) is 36.4 Å². The Kier molecular flexibility index (Phi) is 4.99. The maximum atomic E-state index is 12.5. The van der Waals surface area contributed by atoms with Crippen LogP contribution in [0.2, 0.25) is 0 Å². The van der Waals surface area contributed by atoms with E-state index in [2.05, 4.69) is 11.4 Å². The number of hydrogen-bond donors (Lipinski definition) is 0. The Hall–Kier alpha value is -2.74. The van der Waals surface area contributed by atoms with Crippen LogP contribution in [0.4, 0.5) is 8.78 Å². The topological polar surface area (TPSA) is 45.4 Å². The number of nitrogens with zero attached hydrogens (tertiary/aromatic N) is 2. The molecule has 2 aromatic rings. The Labute approximate surface area is 121 Å². The summed E-state index contributed by atoms with van der Waals surface area (Å²) in [7, 11) is 0. The normalized spacial score (nSPS) is 10.8. The van der Waals surface area contributed by atoms with Gasteiger partial charge in [0.05, 0.1) is 11.6 Å². The first-order chi connectivity index (χ1) is 10.2. The Balaban J connectivity index is 1.90. The molecular weight excluding hydrogens is 274 g/mol. The summed E-state index contributed by atoms with van der Waals surface area (Å²) in [5.74, 6) is 0. The Morgan fingerprint density at radius 2 is 1.81 bits per heavy atom. The molecule has 0 atom stereocenters. The molecule has 0 amide bonds. The fraction of sp³-hybridized carbons (Fsp3) is 0.125. The highest BCUT2D eigenvalue weighted by Crippen LogP contribution is 2.19. The van der Waals surface area contributed by atoms with Gasteiger partial charge in [-0.2, -0.15) is 5.26 Å². The third-order valence-corrected chi connectivity index (χ3v) is 2.69. The summed E-state index contributed by atoms with van der Waals surface area (Å²) in [5, 5.41) is 12.3. The van der Waals surface area contributed by atoms with Crippen LogP contribution in [-0.2, 0) is 11.4 Å². The van der Waals surface area contributed by atoms with Crippen LogP contribution >= 0.6 is 0 Å². The third-order valence-electron chi connectivity index (χ3n) is 2.69. The minimum absolute atomic E-state index is 0.0452. The molecule has 1 radical (unpaired) electrons. The van der Waals surface area contributed by atoms with Gasteiger partial charge in [0.15, 0.2) is 0 Å². The highest BCUT2D eigenvalue weighted by Gasteiger charge is 2.06. The molecule has 0 aliphatic heterocycles. The zero-order chi connectivity index (χ0) is 15.1. The number of benzene rings is 2. The predicted molar refractivity (Wildman–Crippen MR) is 73.9 cm³/mol. The van der Waals surface area contributed by atoms with Crippen LogP contribution in [0.25, 0.3) is 0 Å². The van der Waals surface area contributed by atoms with Gasteiger partial charge >= 0.3 is 0 Å². The zero-order valence-electron chi connectivity index (χ0n) is 11.0. The lowest BCUT2D eigenvalue weighted by molar-refractivity contribution is 0.130. The van der Waals surface area contributed by atoms with Crippen LogP contribution in [-0.4, -0.2) is 6.21 Å². The van der Waals surface area contributed by atoms with E-state index in [9.17, 15) is 8.78 Å². The van der Waals surface area contributed by atoms with Crippen LogP contribution in [0, 0.1) is 11.3 Å². The molecule has 0 unspecified atom stereocenters. The molecule has 0 fully saturated rings. The molecule has 5 heteroatoms. The van der Waals surface area contributed by atoms with Gasteiger partial charge in [-0.05, 0) is 23.8 Å². The minimum Gasteiger partial charge on any atom is -0.390 e. The van der Waals surface area contributed by atoms with E-state index in [-0.39, 0.29) is 12.2 Å². The zero-order valence-corrected chi connectivity index (χ0v) is 11.0. The van der Waals surface area contributed by atoms with E-state index < -0.39 is 6.43 Å². The number of alkyl halides is 2. The average Bonchev–Trinajstić information content (AvgIpc) is 2.52. The van der Waals surface area contributed by atoms with E-state index in [4.69, 9.17) is 10.1 Å². The number of rotatable bonds is 5. The first-order valence-corrected chi connectivity index (χ1v) is 6.14. The van der Waals surface area contributed by atoms with E-state index >= 15 is 0 Å². The van der Waals surface area contributed by atoms with Crippen molar-refractivity contribution in [1.82, 2.24) is 0 Å². The van der Waals surface area contributed by atoms with Crippen molar-refractivity contribution in [3.63, 3.8) is 0 Å². The molecule has 0 aromatic heterocycles. The van der Waals surface area contributed by atoms with Gasteiger partial charge in [0.1, 0.15) is 12.8 Å². The van der Waals surface area contributed by atoms with Crippen LogP contribution in [0.1, 0.15) is 28.7 Å². The molecule has 2 aromatic carbocycles. The summed E-state index contributed by atoms with van der Waals surface area (Å²) < 4.78 is 25.0.